The molecule has 1 aliphatic rings. The highest BCUT2D eigenvalue weighted by molar-refractivity contribution is 4.64. The maximum atomic E-state index is 11.7. The van der Waals surface area contributed by atoms with E-state index in [2.05, 4.69) is 5.32 Å². The van der Waals surface area contributed by atoms with Gasteiger partial charge >= 0.3 is 0 Å². The minimum atomic E-state index is -0.399. The summed E-state index contributed by atoms with van der Waals surface area (Å²) in [5.41, 5.74) is 0. The second kappa shape index (κ2) is 2.99. The first-order valence-corrected chi connectivity index (χ1v) is 2.74. The number of nitrogens with zero attached hydrogens (tertiary/aromatic N) is 1. The van der Waals surface area contributed by atoms with Gasteiger partial charge in [0.05, 0.1) is 12.7 Å². The van der Waals surface area contributed by atoms with Gasteiger partial charge < -0.3 is 4.74 Å². The van der Waals surface area contributed by atoms with Crippen LogP contribution in [0.15, 0.2) is 0 Å². The summed E-state index contributed by atoms with van der Waals surface area (Å²) in [5, 5.41) is 3.96. The van der Waals surface area contributed by atoms with Crippen LogP contribution in [0.2, 0.25) is 0 Å². The van der Waals surface area contributed by atoms with Gasteiger partial charge in [-0.1, -0.05) is 0 Å². The molecule has 1 heterocycles. The van der Waals surface area contributed by atoms with Gasteiger partial charge in [-0.3, -0.25) is 0 Å². The molecule has 0 amide bonds. The molecule has 2 nitrogen and oxygen atoms in total. The van der Waals surface area contributed by atoms with Crippen molar-refractivity contribution < 1.29 is 9.13 Å². The van der Waals surface area contributed by atoms with Crippen LogP contribution >= 0.6 is 0 Å². The second-order valence-electron chi connectivity index (χ2n) is 1.78. The summed E-state index contributed by atoms with van der Waals surface area (Å²) in [7, 11) is 0. The standard InChI is InChI=1S/C5H9FNO/c6-3-5-4-7-1-2-8-5/h5H,1-4H2. The van der Waals surface area contributed by atoms with Crippen molar-refractivity contribution in [3.8, 4) is 0 Å². The van der Waals surface area contributed by atoms with E-state index >= 15 is 0 Å². The minimum Gasteiger partial charge on any atom is -0.373 e. The molecule has 0 aromatic carbocycles. The first kappa shape index (κ1) is 5.98. The van der Waals surface area contributed by atoms with Crippen molar-refractivity contribution in [2.45, 2.75) is 6.10 Å². The Hall–Kier alpha value is -0.150. The summed E-state index contributed by atoms with van der Waals surface area (Å²) in [6, 6.07) is 0. The van der Waals surface area contributed by atoms with E-state index in [4.69, 9.17) is 4.74 Å². The van der Waals surface area contributed by atoms with E-state index < -0.39 is 6.67 Å². The molecule has 0 aromatic rings. The van der Waals surface area contributed by atoms with E-state index in [1.165, 1.54) is 0 Å². The molecule has 0 aromatic heterocycles. The summed E-state index contributed by atoms with van der Waals surface area (Å²) in [4.78, 5) is 0. The van der Waals surface area contributed by atoms with E-state index in [-0.39, 0.29) is 6.10 Å². The summed E-state index contributed by atoms with van der Waals surface area (Å²) in [6.07, 6.45) is -0.247. The molecule has 1 saturated heterocycles. The Bertz CT molecular complexity index is 63.4. The first-order chi connectivity index (χ1) is 3.93. The number of halogens is 1. The number of hydrogen-bond acceptors (Lipinski definition) is 1. The van der Waals surface area contributed by atoms with Gasteiger partial charge in [0.15, 0.2) is 0 Å². The van der Waals surface area contributed by atoms with Crippen LogP contribution in [0.1, 0.15) is 0 Å². The van der Waals surface area contributed by atoms with Gasteiger partial charge in [-0.15, -0.1) is 0 Å². The van der Waals surface area contributed by atoms with Crippen molar-refractivity contribution in [3.05, 3.63) is 0 Å². The van der Waals surface area contributed by atoms with Crippen LogP contribution in [-0.2, 0) is 4.74 Å². The number of alkyl halides is 1. The van der Waals surface area contributed by atoms with Crippen molar-refractivity contribution in [2.75, 3.05) is 26.4 Å². The lowest BCUT2D eigenvalue weighted by molar-refractivity contribution is 0.0123. The van der Waals surface area contributed by atoms with Gasteiger partial charge in [-0.2, -0.15) is 0 Å². The van der Waals surface area contributed by atoms with Gasteiger partial charge in [-0.05, 0) is 0 Å². The lowest BCUT2D eigenvalue weighted by atomic mass is 10.3. The Morgan fingerprint density at radius 3 is 3.00 bits per heavy atom. The fourth-order valence-corrected chi connectivity index (χ4v) is 0.665. The van der Waals surface area contributed by atoms with Gasteiger partial charge in [0, 0.05) is 13.1 Å². The highest BCUT2D eigenvalue weighted by Crippen LogP contribution is 1.96. The largest absolute Gasteiger partial charge is 0.373 e. The predicted octanol–water partition coefficient (Wildman–Crippen LogP) is -0.0409. The third-order valence-electron chi connectivity index (χ3n) is 1.11. The topological polar surface area (TPSA) is 23.3 Å². The molecule has 0 aliphatic carbocycles. The third kappa shape index (κ3) is 1.42. The third-order valence-corrected chi connectivity index (χ3v) is 1.11. The van der Waals surface area contributed by atoms with Crippen LogP contribution in [0, 0.1) is 0 Å². The molecule has 0 bridgehead atoms. The zero-order chi connectivity index (χ0) is 5.82. The molecule has 1 aliphatic heterocycles. The van der Waals surface area contributed by atoms with E-state index in [1.807, 2.05) is 0 Å². The molecular formula is C5H9FNO. The van der Waals surface area contributed by atoms with E-state index in [0.29, 0.717) is 13.2 Å². The second-order valence-corrected chi connectivity index (χ2v) is 1.78. The summed E-state index contributed by atoms with van der Waals surface area (Å²) in [5.74, 6) is 0. The van der Waals surface area contributed by atoms with E-state index in [1.54, 1.807) is 0 Å². The SMILES string of the molecule is FCC1C[N]CCO1. The molecule has 0 N–H and O–H groups in total. The van der Waals surface area contributed by atoms with Crippen LogP contribution in [0.4, 0.5) is 4.39 Å². The quantitative estimate of drug-likeness (QED) is 0.474. The Morgan fingerprint density at radius 1 is 1.75 bits per heavy atom. The Morgan fingerprint density at radius 2 is 2.62 bits per heavy atom. The normalized spacial score (nSPS) is 30.4. The lowest BCUT2D eigenvalue weighted by Gasteiger charge is -2.18. The zero-order valence-corrected chi connectivity index (χ0v) is 4.64. The number of hydrogen-bond donors (Lipinski definition) is 0. The molecular weight excluding hydrogens is 109 g/mol. The Balaban J connectivity index is 2.13. The van der Waals surface area contributed by atoms with Crippen molar-refractivity contribution in [1.29, 1.82) is 0 Å². The monoisotopic (exact) mass is 118 g/mol. The average Bonchev–Trinajstić information content (AvgIpc) is 1.90. The lowest BCUT2D eigenvalue weighted by Crippen LogP contribution is -2.35. The molecule has 8 heavy (non-hydrogen) atoms. The Kier molecular flexibility index (Phi) is 2.24. The number of morpholine rings is 1. The first-order valence-electron chi connectivity index (χ1n) is 2.74. The minimum absolute atomic E-state index is 0.247. The van der Waals surface area contributed by atoms with Gasteiger partial charge in [0.2, 0.25) is 0 Å². The van der Waals surface area contributed by atoms with Gasteiger partial charge in [0.1, 0.15) is 6.67 Å². The van der Waals surface area contributed by atoms with Crippen LogP contribution in [0.5, 0.6) is 0 Å². The summed E-state index contributed by atoms with van der Waals surface area (Å²) in [6.45, 7) is 1.46. The van der Waals surface area contributed by atoms with Crippen LogP contribution < -0.4 is 5.32 Å². The van der Waals surface area contributed by atoms with Gasteiger partial charge in [-0.25, -0.2) is 9.71 Å². The van der Waals surface area contributed by atoms with Crippen molar-refractivity contribution in [3.63, 3.8) is 0 Å². The van der Waals surface area contributed by atoms with Gasteiger partial charge in [0.25, 0.3) is 0 Å². The van der Waals surface area contributed by atoms with E-state index in [9.17, 15) is 4.39 Å². The van der Waals surface area contributed by atoms with Crippen molar-refractivity contribution in [1.82, 2.24) is 5.32 Å². The molecule has 1 fully saturated rings. The summed E-state index contributed by atoms with van der Waals surface area (Å²) < 4.78 is 16.7. The van der Waals surface area contributed by atoms with E-state index in [0.717, 1.165) is 6.54 Å². The fourth-order valence-electron chi connectivity index (χ4n) is 0.665. The molecule has 0 saturated carbocycles. The molecule has 1 rings (SSSR count). The number of ether oxygens (including phenoxy) is 1. The highest BCUT2D eigenvalue weighted by Gasteiger charge is 2.12. The molecule has 47 valence electrons. The smallest absolute Gasteiger partial charge is 0.117 e. The molecule has 0 spiro atoms. The molecule has 1 unspecified atom stereocenters. The van der Waals surface area contributed by atoms with Crippen molar-refractivity contribution >= 4 is 0 Å². The zero-order valence-electron chi connectivity index (χ0n) is 4.64. The fraction of sp³-hybridized carbons (Fsp3) is 1.00. The van der Waals surface area contributed by atoms with Crippen molar-refractivity contribution in [2.24, 2.45) is 0 Å². The summed E-state index contributed by atoms with van der Waals surface area (Å²) >= 11 is 0. The van der Waals surface area contributed by atoms with Crippen LogP contribution in [0.25, 0.3) is 0 Å². The maximum absolute atomic E-state index is 11.7. The van der Waals surface area contributed by atoms with Crippen LogP contribution in [0.3, 0.4) is 0 Å². The van der Waals surface area contributed by atoms with Crippen LogP contribution in [-0.4, -0.2) is 32.5 Å². The molecule has 1 atom stereocenters. The predicted molar refractivity (Wildman–Crippen MR) is 27.6 cm³/mol. The highest BCUT2D eigenvalue weighted by atomic mass is 19.1. The Labute approximate surface area is 48.0 Å². The maximum Gasteiger partial charge on any atom is 0.117 e. The molecule has 1 radical (unpaired) electrons. The average molecular weight is 118 g/mol. The number of rotatable bonds is 1. The molecule has 3 heteroatoms.